The van der Waals surface area contributed by atoms with Gasteiger partial charge in [0.2, 0.25) is 0 Å². The molecular formula is C13H16N2O2S3. The van der Waals surface area contributed by atoms with Gasteiger partial charge in [-0.15, -0.1) is 22.7 Å². The number of nitrogens with two attached hydrogens (primary N) is 1. The van der Waals surface area contributed by atoms with E-state index in [1.165, 1.54) is 11.3 Å². The number of nitrogens with zero attached hydrogens (tertiary/aromatic N) is 1. The van der Waals surface area contributed by atoms with Crippen LogP contribution < -0.4 is 5.73 Å². The van der Waals surface area contributed by atoms with E-state index in [9.17, 15) is 8.42 Å². The molecule has 108 valence electrons. The van der Waals surface area contributed by atoms with Crippen molar-refractivity contribution >= 4 is 32.7 Å². The minimum Gasteiger partial charge on any atom is -0.326 e. The fourth-order valence-corrected chi connectivity index (χ4v) is 5.84. The minimum absolute atomic E-state index is 0.158. The normalized spacial score (nSPS) is 15.9. The molecule has 1 aliphatic carbocycles. The summed E-state index contributed by atoms with van der Waals surface area (Å²) in [6.07, 6.45) is 1.92. The van der Waals surface area contributed by atoms with Crippen molar-refractivity contribution in [3.8, 4) is 0 Å². The van der Waals surface area contributed by atoms with Gasteiger partial charge >= 0.3 is 0 Å². The summed E-state index contributed by atoms with van der Waals surface area (Å²) in [4.78, 5) is 1.08. The van der Waals surface area contributed by atoms with Gasteiger partial charge in [-0.1, -0.05) is 6.07 Å². The quantitative estimate of drug-likeness (QED) is 0.886. The molecule has 1 fully saturated rings. The summed E-state index contributed by atoms with van der Waals surface area (Å²) in [6.45, 7) is 0.848. The van der Waals surface area contributed by atoms with Gasteiger partial charge in [0, 0.05) is 24.0 Å². The third kappa shape index (κ3) is 2.82. The van der Waals surface area contributed by atoms with Crippen molar-refractivity contribution in [3.05, 3.63) is 39.4 Å². The number of hydrogen-bond acceptors (Lipinski definition) is 5. The first-order chi connectivity index (χ1) is 9.61. The molecular weight excluding hydrogens is 312 g/mol. The lowest BCUT2D eigenvalue weighted by atomic mass is 10.4. The molecule has 0 atom stereocenters. The van der Waals surface area contributed by atoms with Gasteiger partial charge in [-0.05, 0) is 41.3 Å². The summed E-state index contributed by atoms with van der Waals surface area (Å²) in [5.74, 6) is 0. The highest BCUT2D eigenvalue weighted by atomic mass is 32.2. The maximum atomic E-state index is 12.8. The highest BCUT2D eigenvalue weighted by Gasteiger charge is 2.38. The minimum atomic E-state index is -3.40. The second-order valence-corrected chi connectivity index (χ2v) is 8.90. The van der Waals surface area contributed by atoms with Crippen LogP contribution in [0.4, 0.5) is 0 Å². The van der Waals surface area contributed by atoms with E-state index in [1.807, 2.05) is 22.9 Å². The maximum Gasteiger partial charge on any atom is 0.253 e. The van der Waals surface area contributed by atoms with Crippen LogP contribution in [0.15, 0.2) is 33.2 Å². The predicted octanol–water partition coefficient (Wildman–Crippen LogP) is 2.62. The number of thiophene rings is 2. The Balaban J connectivity index is 1.89. The lowest BCUT2D eigenvalue weighted by Crippen LogP contribution is -2.31. The monoisotopic (exact) mass is 328 g/mol. The van der Waals surface area contributed by atoms with Crippen LogP contribution in [-0.4, -0.2) is 18.8 Å². The summed E-state index contributed by atoms with van der Waals surface area (Å²) >= 11 is 2.86. The standard InChI is InChI=1S/C13H16N2O2S3/c14-7-10-6-13(19-9-10)20(16,17)15(11-3-4-11)8-12-2-1-5-18-12/h1-2,5-6,9,11H,3-4,7-8,14H2. The van der Waals surface area contributed by atoms with Gasteiger partial charge in [0.15, 0.2) is 0 Å². The Bertz CT molecular complexity index is 672. The topological polar surface area (TPSA) is 63.4 Å². The van der Waals surface area contributed by atoms with Crippen LogP contribution in [0.1, 0.15) is 23.3 Å². The molecule has 1 aliphatic rings. The zero-order valence-corrected chi connectivity index (χ0v) is 13.3. The van der Waals surface area contributed by atoms with Gasteiger partial charge in [-0.25, -0.2) is 8.42 Å². The van der Waals surface area contributed by atoms with E-state index in [2.05, 4.69) is 0 Å². The summed E-state index contributed by atoms with van der Waals surface area (Å²) in [6, 6.07) is 5.79. The van der Waals surface area contributed by atoms with Crippen molar-refractivity contribution in [1.29, 1.82) is 0 Å². The van der Waals surface area contributed by atoms with Crippen molar-refractivity contribution < 1.29 is 8.42 Å². The average Bonchev–Trinajstić information content (AvgIpc) is 2.96. The first-order valence-electron chi connectivity index (χ1n) is 6.43. The molecule has 0 bridgehead atoms. The molecule has 0 aliphatic heterocycles. The first-order valence-corrected chi connectivity index (χ1v) is 9.63. The average molecular weight is 328 g/mol. The van der Waals surface area contributed by atoms with E-state index >= 15 is 0 Å². The van der Waals surface area contributed by atoms with Gasteiger partial charge < -0.3 is 5.73 Å². The van der Waals surface area contributed by atoms with Crippen molar-refractivity contribution in [2.75, 3.05) is 0 Å². The zero-order chi connectivity index (χ0) is 14.2. The first kappa shape index (κ1) is 14.2. The predicted molar refractivity (Wildman–Crippen MR) is 82.3 cm³/mol. The Kier molecular flexibility index (Phi) is 3.96. The maximum absolute atomic E-state index is 12.8. The molecule has 4 nitrogen and oxygen atoms in total. The van der Waals surface area contributed by atoms with E-state index in [1.54, 1.807) is 21.7 Å². The molecule has 2 N–H and O–H groups in total. The smallest absolute Gasteiger partial charge is 0.253 e. The summed E-state index contributed by atoms with van der Waals surface area (Å²) in [5, 5.41) is 3.80. The Morgan fingerprint density at radius 2 is 2.15 bits per heavy atom. The molecule has 2 heterocycles. The van der Waals surface area contributed by atoms with Gasteiger partial charge in [0.05, 0.1) is 0 Å². The SMILES string of the molecule is NCc1csc(S(=O)(=O)N(Cc2cccs2)C2CC2)c1. The lowest BCUT2D eigenvalue weighted by Gasteiger charge is -2.20. The summed E-state index contributed by atoms with van der Waals surface area (Å²) in [7, 11) is -3.40. The second kappa shape index (κ2) is 5.57. The van der Waals surface area contributed by atoms with Crippen LogP contribution >= 0.6 is 22.7 Å². The van der Waals surface area contributed by atoms with Gasteiger partial charge in [-0.2, -0.15) is 4.31 Å². The lowest BCUT2D eigenvalue weighted by molar-refractivity contribution is 0.403. The number of hydrogen-bond donors (Lipinski definition) is 1. The van der Waals surface area contributed by atoms with Gasteiger partial charge in [0.25, 0.3) is 10.0 Å². The molecule has 0 amide bonds. The van der Waals surface area contributed by atoms with Crippen molar-refractivity contribution in [2.24, 2.45) is 5.73 Å². The molecule has 0 unspecified atom stereocenters. The van der Waals surface area contributed by atoms with Crippen molar-refractivity contribution in [1.82, 2.24) is 4.31 Å². The zero-order valence-electron chi connectivity index (χ0n) is 10.9. The summed E-state index contributed by atoms with van der Waals surface area (Å²) < 4.78 is 27.6. The Morgan fingerprint density at radius 3 is 2.70 bits per heavy atom. The number of rotatable bonds is 6. The molecule has 20 heavy (non-hydrogen) atoms. The molecule has 2 aromatic heterocycles. The van der Waals surface area contributed by atoms with E-state index in [-0.39, 0.29) is 6.04 Å². The highest BCUT2D eigenvalue weighted by molar-refractivity contribution is 7.91. The van der Waals surface area contributed by atoms with E-state index < -0.39 is 10.0 Å². The van der Waals surface area contributed by atoms with Crippen molar-refractivity contribution in [2.45, 2.75) is 36.2 Å². The Hall–Kier alpha value is -0.730. The van der Waals surface area contributed by atoms with Crippen LogP contribution in [-0.2, 0) is 23.1 Å². The van der Waals surface area contributed by atoms with Crippen molar-refractivity contribution in [3.63, 3.8) is 0 Å². The third-order valence-corrected chi connectivity index (χ3v) is 7.50. The van der Waals surface area contributed by atoms with E-state index in [4.69, 9.17) is 5.73 Å². The molecule has 2 aromatic rings. The fraction of sp³-hybridized carbons (Fsp3) is 0.385. The number of sulfonamides is 1. The van der Waals surface area contributed by atoms with Crippen LogP contribution in [0.2, 0.25) is 0 Å². The summed E-state index contributed by atoms with van der Waals surface area (Å²) in [5.41, 5.74) is 6.44. The van der Waals surface area contributed by atoms with Crippen LogP contribution in [0.3, 0.4) is 0 Å². The van der Waals surface area contributed by atoms with E-state index in [0.717, 1.165) is 23.3 Å². The largest absolute Gasteiger partial charge is 0.326 e. The Labute approximate surface area is 126 Å². The fourth-order valence-electron chi connectivity index (χ4n) is 2.04. The van der Waals surface area contributed by atoms with Crippen LogP contribution in [0.5, 0.6) is 0 Å². The Morgan fingerprint density at radius 1 is 1.35 bits per heavy atom. The molecule has 7 heteroatoms. The molecule has 0 aromatic carbocycles. The molecule has 0 radical (unpaired) electrons. The molecule has 0 spiro atoms. The van der Waals surface area contributed by atoms with Gasteiger partial charge in [0.1, 0.15) is 4.21 Å². The van der Waals surface area contributed by atoms with E-state index in [0.29, 0.717) is 17.3 Å². The highest BCUT2D eigenvalue weighted by Crippen LogP contribution is 2.35. The molecule has 0 saturated heterocycles. The molecule has 3 rings (SSSR count). The van der Waals surface area contributed by atoms with Crippen LogP contribution in [0.25, 0.3) is 0 Å². The third-order valence-electron chi connectivity index (χ3n) is 3.27. The van der Waals surface area contributed by atoms with Gasteiger partial charge in [-0.3, -0.25) is 0 Å². The molecule has 1 saturated carbocycles. The second-order valence-electron chi connectivity index (χ2n) is 4.84. The van der Waals surface area contributed by atoms with Crippen LogP contribution in [0, 0.1) is 0 Å².